The average molecular weight is 498 g/mol. The zero-order chi connectivity index (χ0) is 24.7. The molecule has 3 aromatic heterocycles. The summed E-state index contributed by atoms with van der Waals surface area (Å²) >= 11 is 3.35. The number of hydrogen-bond acceptors (Lipinski definition) is 7. The number of pyridine rings is 1. The van der Waals surface area contributed by atoms with E-state index in [1.807, 2.05) is 25.3 Å². The number of aryl methyl sites for hydroxylation is 3. The maximum atomic E-state index is 12.8. The summed E-state index contributed by atoms with van der Waals surface area (Å²) in [7, 11) is 0. The summed E-state index contributed by atoms with van der Waals surface area (Å²) in [5.74, 6) is 0.912. The predicted octanol–water partition coefficient (Wildman–Crippen LogP) is 7.24. The first-order valence-electron chi connectivity index (χ1n) is 10.9. The molecule has 3 heterocycles. The summed E-state index contributed by atoms with van der Waals surface area (Å²) in [6.07, 6.45) is 3.41. The van der Waals surface area contributed by atoms with Crippen LogP contribution in [0.25, 0.3) is 10.6 Å². The van der Waals surface area contributed by atoms with Crippen LogP contribution >= 0.6 is 22.7 Å². The van der Waals surface area contributed by atoms with Crippen molar-refractivity contribution in [2.75, 3.05) is 10.6 Å². The van der Waals surface area contributed by atoms with Crippen molar-refractivity contribution in [3.8, 4) is 10.6 Å². The first kappa shape index (κ1) is 25.5. The Hall–Kier alpha value is -3.17. The normalized spacial score (nSPS) is 11.4. The summed E-state index contributed by atoms with van der Waals surface area (Å²) in [4.78, 5) is 24.9. The molecule has 6 nitrogen and oxygen atoms in total. The highest BCUT2D eigenvalue weighted by Crippen LogP contribution is 2.36. The molecule has 0 aliphatic rings. The van der Waals surface area contributed by atoms with E-state index in [0.29, 0.717) is 12.3 Å². The van der Waals surface area contributed by atoms with Gasteiger partial charge in [-0.3, -0.25) is 4.79 Å². The van der Waals surface area contributed by atoms with Gasteiger partial charge in [-0.1, -0.05) is 26.0 Å². The van der Waals surface area contributed by atoms with Gasteiger partial charge in [-0.05, 0) is 56.5 Å². The first-order valence-corrected chi connectivity index (χ1v) is 12.6. The van der Waals surface area contributed by atoms with E-state index < -0.39 is 5.82 Å². The van der Waals surface area contributed by atoms with Crippen LogP contribution in [-0.2, 0) is 4.79 Å². The van der Waals surface area contributed by atoms with E-state index in [9.17, 15) is 9.18 Å². The molecule has 0 radical (unpaired) electrons. The van der Waals surface area contributed by atoms with Crippen molar-refractivity contribution >= 4 is 45.7 Å². The summed E-state index contributed by atoms with van der Waals surface area (Å²) in [6, 6.07) is 8.63. The quantitative estimate of drug-likeness (QED) is 0.263. The predicted molar refractivity (Wildman–Crippen MR) is 140 cm³/mol. The third-order valence-corrected chi connectivity index (χ3v) is 7.24. The molecule has 4 aromatic rings. The summed E-state index contributed by atoms with van der Waals surface area (Å²) in [6.45, 7) is 10.3. The molecule has 1 aromatic carbocycles. The van der Waals surface area contributed by atoms with Crippen molar-refractivity contribution in [1.29, 1.82) is 0 Å². The molecular formula is C25H28FN5OS2. The van der Waals surface area contributed by atoms with Crippen molar-refractivity contribution < 1.29 is 9.18 Å². The van der Waals surface area contributed by atoms with Gasteiger partial charge >= 0.3 is 0 Å². The van der Waals surface area contributed by atoms with Crippen LogP contribution in [0.4, 0.5) is 21.0 Å². The lowest BCUT2D eigenvalue weighted by Crippen LogP contribution is -1.96. The lowest BCUT2D eigenvalue weighted by atomic mass is 10.1. The Bertz CT molecular complexity index is 1240. The molecule has 9 heteroatoms. The fourth-order valence-corrected chi connectivity index (χ4v) is 4.87. The van der Waals surface area contributed by atoms with E-state index in [2.05, 4.69) is 41.8 Å². The number of aromatic nitrogens is 3. The van der Waals surface area contributed by atoms with Gasteiger partial charge in [-0.15, -0.1) is 22.7 Å². The Morgan fingerprint density at radius 2 is 1.88 bits per heavy atom. The highest BCUT2D eigenvalue weighted by atomic mass is 32.1. The molecule has 0 saturated heterocycles. The molecule has 0 aliphatic carbocycles. The molecular weight excluding hydrogens is 469 g/mol. The SMILES string of the molecule is CCC(C)c1nc(C)c(-c2csc(Nc3ccc(C)cn3)n2)s1.Cc1ccc(NC=O)c(F)c1. The topological polar surface area (TPSA) is 79.8 Å². The van der Waals surface area contributed by atoms with Gasteiger partial charge in [-0.2, -0.15) is 0 Å². The lowest BCUT2D eigenvalue weighted by Gasteiger charge is -2.01. The Morgan fingerprint density at radius 3 is 2.53 bits per heavy atom. The number of carbonyl (C=O) groups is 1. The fourth-order valence-electron chi connectivity index (χ4n) is 2.93. The Morgan fingerprint density at radius 1 is 1.12 bits per heavy atom. The minimum atomic E-state index is -0.405. The molecule has 0 saturated carbocycles. The molecule has 0 spiro atoms. The highest BCUT2D eigenvalue weighted by molar-refractivity contribution is 7.17. The van der Waals surface area contributed by atoms with Gasteiger partial charge in [0.2, 0.25) is 6.41 Å². The fraction of sp³-hybridized carbons (Fsp3) is 0.280. The minimum absolute atomic E-state index is 0.214. The van der Waals surface area contributed by atoms with E-state index >= 15 is 0 Å². The van der Waals surface area contributed by atoms with Crippen molar-refractivity contribution in [3.05, 3.63) is 69.6 Å². The van der Waals surface area contributed by atoms with Crippen LogP contribution in [0, 0.1) is 26.6 Å². The van der Waals surface area contributed by atoms with Gasteiger partial charge in [0.05, 0.1) is 27.0 Å². The van der Waals surface area contributed by atoms with Crippen LogP contribution in [0.2, 0.25) is 0 Å². The third kappa shape index (κ3) is 6.68. The molecule has 1 atom stereocenters. The van der Waals surface area contributed by atoms with Crippen molar-refractivity contribution in [2.24, 2.45) is 0 Å². The zero-order valence-electron chi connectivity index (χ0n) is 19.8. The number of thiazole rings is 2. The standard InChI is InChI=1S/C17H20N4S2.C8H8FNO/c1-5-11(3)16-19-12(4)15(23-16)13-9-22-17(20-13)21-14-7-6-10(2)8-18-14;1-6-2-3-8(10-5-11)7(9)4-6/h6-9,11H,5H2,1-4H3,(H,18,20,21);2-5H,1H3,(H,10,11). The Kier molecular flexibility index (Phi) is 8.84. The van der Waals surface area contributed by atoms with Crippen molar-refractivity contribution in [2.45, 2.75) is 47.0 Å². The van der Waals surface area contributed by atoms with Crippen LogP contribution in [0.15, 0.2) is 41.9 Å². The number of amides is 1. The number of benzene rings is 1. The summed E-state index contributed by atoms with van der Waals surface area (Å²) in [5.41, 5.74) is 4.25. The maximum absolute atomic E-state index is 12.8. The highest BCUT2D eigenvalue weighted by Gasteiger charge is 2.16. The van der Waals surface area contributed by atoms with E-state index in [-0.39, 0.29) is 5.69 Å². The summed E-state index contributed by atoms with van der Waals surface area (Å²) in [5, 5.41) is 9.64. The smallest absolute Gasteiger partial charge is 0.211 e. The van der Waals surface area contributed by atoms with E-state index in [0.717, 1.165) is 39.9 Å². The van der Waals surface area contributed by atoms with Crippen molar-refractivity contribution in [3.63, 3.8) is 0 Å². The number of hydrogen-bond donors (Lipinski definition) is 2. The second-order valence-corrected chi connectivity index (χ2v) is 9.79. The molecule has 0 aliphatic heterocycles. The number of carbonyl (C=O) groups excluding carboxylic acids is 1. The second-order valence-electron chi connectivity index (χ2n) is 7.91. The molecule has 1 unspecified atom stereocenters. The maximum Gasteiger partial charge on any atom is 0.211 e. The third-order valence-electron chi connectivity index (χ3n) is 5.07. The van der Waals surface area contributed by atoms with Crippen LogP contribution in [0.3, 0.4) is 0 Å². The van der Waals surface area contributed by atoms with Gasteiger partial charge in [0, 0.05) is 17.5 Å². The van der Waals surface area contributed by atoms with Crippen molar-refractivity contribution in [1.82, 2.24) is 15.0 Å². The Balaban J connectivity index is 0.000000248. The van der Waals surface area contributed by atoms with Crippen LogP contribution < -0.4 is 10.6 Å². The molecule has 4 rings (SSSR count). The monoisotopic (exact) mass is 497 g/mol. The van der Waals surface area contributed by atoms with Gasteiger partial charge in [0.15, 0.2) is 5.13 Å². The average Bonchev–Trinajstić information content (AvgIpc) is 3.43. The minimum Gasteiger partial charge on any atom is -0.326 e. The number of nitrogens with zero attached hydrogens (tertiary/aromatic N) is 3. The molecule has 1 amide bonds. The first-order chi connectivity index (χ1) is 16.3. The zero-order valence-corrected chi connectivity index (χ0v) is 21.5. The van der Waals surface area contributed by atoms with Crippen LogP contribution in [0.1, 0.15) is 48.0 Å². The van der Waals surface area contributed by atoms with E-state index in [4.69, 9.17) is 9.97 Å². The van der Waals surface area contributed by atoms with Gasteiger partial charge in [-0.25, -0.2) is 19.3 Å². The van der Waals surface area contributed by atoms with Gasteiger partial charge < -0.3 is 10.6 Å². The number of anilines is 3. The molecule has 0 fully saturated rings. The molecule has 178 valence electrons. The lowest BCUT2D eigenvalue weighted by molar-refractivity contribution is -0.105. The van der Waals surface area contributed by atoms with Gasteiger partial charge in [0.25, 0.3) is 0 Å². The Labute approximate surface area is 207 Å². The van der Waals surface area contributed by atoms with Gasteiger partial charge in [0.1, 0.15) is 11.6 Å². The number of nitrogens with one attached hydrogen (secondary N) is 2. The molecule has 0 bridgehead atoms. The molecule has 34 heavy (non-hydrogen) atoms. The second kappa shape index (κ2) is 11.8. The molecule has 2 N–H and O–H groups in total. The van der Waals surface area contributed by atoms with Crippen LogP contribution in [0.5, 0.6) is 0 Å². The van der Waals surface area contributed by atoms with E-state index in [1.54, 1.807) is 35.7 Å². The number of rotatable bonds is 7. The van der Waals surface area contributed by atoms with Crippen LogP contribution in [-0.4, -0.2) is 21.4 Å². The van der Waals surface area contributed by atoms with E-state index in [1.165, 1.54) is 22.0 Å². The number of halogens is 1. The largest absolute Gasteiger partial charge is 0.326 e. The summed E-state index contributed by atoms with van der Waals surface area (Å²) < 4.78 is 12.8.